The molecule has 7 nitrogen and oxygen atoms in total. The van der Waals surface area contributed by atoms with E-state index in [-0.39, 0.29) is 6.04 Å². The zero-order valence-corrected chi connectivity index (χ0v) is 20.3. The van der Waals surface area contributed by atoms with E-state index in [1.807, 2.05) is 4.90 Å². The Bertz CT molecular complexity index is 568. The fourth-order valence-electron chi connectivity index (χ4n) is 5.21. The van der Waals surface area contributed by atoms with Crippen molar-refractivity contribution in [3.63, 3.8) is 0 Å². The third-order valence-corrected chi connectivity index (χ3v) is 7.33. The van der Waals surface area contributed by atoms with Crippen LogP contribution < -0.4 is 5.32 Å². The molecule has 3 saturated heterocycles. The first-order valence-corrected chi connectivity index (χ1v) is 12.9. The molecule has 0 aromatic heterocycles. The van der Waals surface area contributed by atoms with Crippen molar-refractivity contribution in [1.29, 1.82) is 0 Å². The standard InChI is InChI=1S/C24H46N6O/c1-4-25-24(26-12-6-8-14-27-13-7-5-11-21(27)2)30-19-17-28(18-20-30)22(3)23(31)29-15-9-10-16-29/h21-22H,4-20H2,1-3H3,(H,25,26). The molecule has 0 saturated carbocycles. The van der Waals surface area contributed by atoms with Crippen LogP contribution in [0.3, 0.4) is 0 Å². The Kier molecular flexibility index (Phi) is 9.91. The fourth-order valence-corrected chi connectivity index (χ4v) is 5.21. The normalized spacial score (nSPS) is 25.1. The quantitative estimate of drug-likeness (QED) is 0.361. The molecule has 0 aromatic rings. The van der Waals surface area contributed by atoms with E-state index in [9.17, 15) is 4.79 Å². The lowest BCUT2D eigenvalue weighted by Gasteiger charge is -2.39. The van der Waals surface area contributed by atoms with Crippen molar-refractivity contribution >= 4 is 11.9 Å². The molecule has 2 unspecified atom stereocenters. The Morgan fingerprint density at radius 2 is 1.68 bits per heavy atom. The maximum absolute atomic E-state index is 12.7. The van der Waals surface area contributed by atoms with Crippen LogP contribution in [0.25, 0.3) is 0 Å². The number of piperazine rings is 1. The first kappa shape index (κ1) is 24.3. The molecule has 1 N–H and O–H groups in total. The molecular weight excluding hydrogens is 388 g/mol. The monoisotopic (exact) mass is 434 g/mol. The smallest absolute Gasteiger partial charge is 0.239 e. The molecule has 3 aliphatic rings. The third-order valence-electron chi connectivity index (χ3n) is 7.33. The number of guanidine groups is 1. The molecule has 178 valence electrons. The molecule has 7 heteroatoms. The lowest BCUT2D eigenvalue weighted by Crippen LogP contribution is -2.57. The van der Waals surface area contributed by atoms with Gasteiger partial charge in [-0.05, 0) is 72.4 Å². The van der Waals surface area contributed by atoms with Crippen LogP contribution in [0.5, 0.6) is 0 Å². The second-order valence-corrected chi connectivity index (χ2v) is 9.55. The SMILES string of the molecule is CCNC(=NCCCCN1CCCCC1C)N1CCN(C(C)C(=O)N2CCCC2)CC1. The average Bonchev–Trinajstić information content (AvgIpc) is 3.33. The van der Waals surface area contributed by atoms with Gasteiger partial charge in [0, 0.05) is 58.4 Å². The number of piperidine rings is 1. The highest BCUT2D eigenvalue weighted by atomic mass is 16.2. The van der Waals surface area contributed by atoms with Gasteiger partial charge in [0.1, 0.15) is 0 Å². The Labute approximate surface area is 190 Å². The van der Waals surface area contributed by atoms with Crippen molar-refractivity contribution < 1.29 is 4.79 Å². The lowest BCUT2D eigenvalue weighted by molar-refractivity contribution is -0.135. The van der Waals surface area contributed by atoms with E-state index >= 15 is 0 Å². The number of amides is 1. The topological polar surface area (TPSA) is 54.4 Å². The van der Waals surface area contributed by atoms with E-state index in [1.165, 1.54) is 38.8 Å². The predicted molar refractivity (Wildman–Crippen MR) is 129 cm³/mol. The van der Waals surface area contributed by atoms with Crippen LogP contribution in [0.1, 0.15) is 65.7 Å². The molecule has 0 bridgehead atoms. The minimum Gasteiger partial charge on any atom is -0.357 e. The van der Waals surface area contributed by atoms with Crippen LogP contribution in [0.15, 0.2) is 4.99 Å². The van der Waals surface area contributed by atoms with E-state index < -0.39 is 0 Å². The third kappa shape index (κ3) is 7.07. The van der Waals surface area contributed by atoms with E-state index in [1.54, 1.807) is 0 Å². The molecule has 3 rings (SSSR count). The van der Waals surface area contributed by atoms with Gasteiger partial charge in [-0.15, -0.1) is 0 Å². The van der Waals surface area contributed by atoms with E-state index in [0.717, 1.165) is 83.6 Å². The summed E-state index contributed by atoms with van der Waals surface area (Å²) in [6, 6.07) is 0.752. The summed E-state index contributed by atoms with van der Waals surface area (Å²) in [5.41, 5.74) is 0. The zero-order chi connectivity index (χ0) is 22.1. The highest BCUT2D eigenvalue weighted by Crippen LogP contribution is 2.17. The average molecular weight is 435 g/mol. The Morgan fingerprint density at radius 1 is 0.968 bits per heavy atom. The number of carbonyl (C=O) groups is 1. The van der Waals surface area contributed by atoms with Crippen LogP contribution >= 0.6 is 0 Å². The van der Waals surface area contributed by atoms with Crippen LogP contribution in [0, 0.1) is 0 Å². The van der Waals surface area contributed by atoms with Gasteiger partial charge in [-0.3, -0.25) is 14.7 Å². The molecule has 0 spiro atoms. The summed E-state index contributed by atoms with van der Waals surface area (Å²) < 4.78 is 0. The first-order valence-electron chi connectivity index (χ1n) is 12.9. The largest absolute Gasteiger partial charge is 0.357 e. The van der Waals surface area contributed by atoms with Crippen molar-refractivity contribution in [2.75, 3.05) is 65.4 Å². The van der Waals surface area contributed by atoms with Crippen molar-refractivity contribution in [2.24, 2.45) is 4.99 Å². The van der Waals surface area contributed by atoms with Crippen LogP contribution in [0.2, 0.25) is 0 Å². The maximum Gasteiger partial charge on any atom is 0.239 e. The van der Waals surface area contributed by atoms with Gasteiger partial charge in [0.05, 0.1) is 6.04 Å². The molecule has 0 radical (unpaired) electrons. The predicted octanol–water partition coefficient (Wildman–Crippen LogP) is 2.24. The Hall–Kier alpha value is -1.34. The van der Waals surface area contributed by atoms with E-state index in [0.29, 0.717) is 5.91 Å². The summed E-state index contributed by atoms with van der Waals surface area (Å²) in [5.74, 6) is 1.36. The highest BCUT2D eigenvalue weighted by molar-refractivity contribution is 5.82. The number of nitrogens with one attached hydrogen (secondary N) is 1. The second-order valence-electron chi connectivity index (χ2n) is 9.55. The van der Waals surface area contributed by atoms with Gasteiger partial charge < -0.3 is 20.0 Å². The Morgan fingerprint density at radius 3 is 2.35 bits per heavy atom. The summed E-state index contributed by atoms with van der Waals surface area (Å²) in [4.78, 5) is 27.1. The molecule has 0 aliphatic carbocycles. The van der Waals surface area contributed by atoms with Crippen molar-refractivity contribution in [1.82, 2.24) is 24.9 Å². The summed E-state index contributed by atoms with van der Waals surface area (Å²) in [5, 5.41) is 3.48. The minimum atomic E-state index is -0.00282. The van der Waals surface area contributed by atoms with Gasteiger partial charge >= 0.3 is 0 Å². The molecule has 3 aliphatic heterocycles. The van der Waals surface area contributed by atoms with Crippen molar-refractivity contribution in [3.05, 3.63) is 0 Å². The lowest BCUT2D eigenvalue weighted by atomic mass is 10.0. The van der Waals surface area contributed by atoms with Gasteiger partial charge in [0.25, 0.3) is 0 Å². The van der Waals surface area contributed by atoms with Gasteiger partial charge in [-0.2, -0.15) is 0 Å². The van der Waals surface area contributed by atoms with Crippen LogP contribution in [-0.4, -0.2) is 109 Å². The fraction of sp³-hybridized carbons (Fsp3) is 0.917. The maximum atomic E-state index is 12.7. The number of hydrogen-bond donors (Lipinski definition) is 1. The van der Waals surface area contributed by atoms with E-state index in [4.69, 9.17) is 4.99 Å². The van der Waals surface area contributed by atoms with Crippen LogP contribution in [0.4, 0.5) is 0 Å². The molecule has 3 heterocycles. The number of hydrogen-bond acceptors (Lipinski definition) is 4. The summed E-state index contributed by atoms with van der Waals surface area (Å²) in [7, 11) is 0. The molecule has 31 heavy (non-hydrogen) atoms. The number of likely N-dealkylation sites (tertiary alicyclic amines) is 2. The molecular formula is C24H46N6O. The number of unbranched alkanes of at least 4 members (excludes halogenated alkanes) is 1. The number of aliphatic imine (C=N–C) groups is 1. The van der Waals surface area contributed by atoms with Crippen LogP contribution in [-0.2, 0) is 4.79 Å². The van der Waals surface area contributed by atoms with Gasteiger partial charge in [-0.25, -0.2) is 0 Å². The van der Waals surface area contributed by atoms with Gasteiger partial charge in [0.2, 0.25) is 5.91 Å². The molecule has 2 atom stereocenters. The first-order chi connectivity index (χ1) is 15.1. The summed E-state index contributed by atoms with van der Waals surface area (Å²) >= 11 is 0. The summed E-state index contributed by atoms with van der Waals surface area (Å²) in [6.45, 7) is 16.5. The molecule has 1 amide bonds. The number of rotatable bonds is 8. The molecule has 0 aromatic carbocycles. The highest BCUT2D eigenvalue weighted by Gasteiger charge is 2.30. The minimum absolute atomic E-state index is 0.00282. The van der Waals surface area contributed by atoms with Gasteiger partial charge in [0.15, 0.2) is 5.96 Å². The second kappa shape index (κ2) is 12.6. The molecule has 3 fully saturated rings. The number of carbonyl (C=O) groups excluding carboxylic acids is 1. The zero-order valence-electron chi connectivity index (χ0n) is 20.3. The van der Waals surface area contributed by atoms with Crippen molar-refractivity contribution in [3.8, 4) is 0 Å². The number of nitrogens with zero attached hydrogens (tertiary/aromatic N) is 5. The van der Waals surface area contributed by atoms with E-state index in [2.05, 4.69) is 40.8 Å². The summed E-state index contributed by atoms with van der Waals surface area (Å²) in [6.07, 6.45) is 8.82. The Balaban J connectivity index is 1.40. The van der Waals surface area contributed by atoms with Crippen molar-refractivity contribution in [2.45, 2.75) is 77.8 Å². The van der Waals surface area contributed by atoms with Gasteiger partial charge in [-0.1, -0.05) is 6.42 Å².